The van der Waals surface area contributed by atoms with E-state index in [4.69, 9.17) is 4.74 Å². The van der Waals surface area contributed by atoms with Crippen molar-refractivity contribution in [1.29, 1.82) is 0 Å². The molecule has 1 N–H and O–H groups in total. The summed E-state index contributed by atoms with van der Waals surface area (Å²) in [5.74, 6) is 1.67. The van der Waals surface area contributed by atoms with Crippen LogP contribution in [0.4, 0.5) is 0 Å². The molecule has 21 heavy (non-hydrogen) atoms. The van der Waals surface area contributed by atoms with Gasteiger partial charge in [0.25, 0.3) is 0 Å². The van der Waals surface area contributed by atoms with Gasteiger partial charge >= 0.3 is 0 Å². The van der Waals surface area contributed by atoms with Gasteiger partial charge < -0.3 is 14.7 Å². The lowest BCUT2D eigenvalue weighted by atomic mass is 9.84. The first-order valence-corrected chi connectivity index (χ1v) is 8.24. The second kappa shape index (κ2) is 6.37. The Hall–Kier alpha value is -1.06. The molecule has 0 saturated heterocycles. The molecule has 0 amide bonds. The highest BCUT2D eigenvalue weighted by molar-refractivity contribution is 5.39. The third kappa shape index (κ3) is 3.09. The van der Waals surface area contributed by atoms with Gasteiger partial charge in [-0.2, -0.15) is 0 Å². The number of nitrogens with zero attached hydrogens (tertiary/aromatic N) is 1. The van der Waals surface area contributed by atoms with Crippen molar-refractivity contribution >= 4 is 0 Å². The molecule has 3 nitrogen and oxygen atoms in total. The smallest absolute Gasteiger partial charge is 0.119 e. The van der Waals surface area contributed by atoms with Gasteiger partial charge in [-0.15, -0.1) is 0 Å². The highest BCUT2D eigenvalue weighted by atomic mass is 16.5. The normalized spacial score (nSPS) is 26.1. The summed E-state index contributed by atoms with van der Waals surface area (Å²) < 4.78 is 5.31. The van der Waals surface area contributed by atoms with Crippen LogP contribution >= 0.6 is 0 Å². The first kappa shape index (κ1) is 14.9. The topological polar surface area (TPSA) is 32.7 Å². The number of likely N-dealkylation sites (N-methyl/N-ethyl adjacent to an activating group) is 1. The van der Waals surface area contributed by atoms with E-state index in [2.05, 4.69) is 18.0 Å². The van der Waals surface area contributed by atoms with Crippen molar-refractivity contribution in [1.82, 2.24) is 4.90 Å². The van der Waals surface area contributed by atoms with Crippen LogP contribution in [0.25, 0.3) is 0 Å². The summed E-state index contributed by atoms with van der Waals surface area (Å²) in [5, 5.41) is 10.8. The number of fused-ring (bicyclic) bond motifs is 1. The van der Waals surface area contributed by atoms with E-state index in [0.29, 0.717) is 0 Å². The Morgan fingerprint density at radius 1 is 1.24 bits per heavy atom. The van der Waals surface area contributed by atoms with E-state index >= 15 is 0 Å². The summed E-state index contributed by atoms with van der Waals surface area (Å²) in [7, 11) is 3.86. The van der Waals surface area contributed by atoms with Gasteiger partial charge in [0.15, 0.2) is 0 Å². The van der Waals surface area contributed by atoms with Crippen LogP contribution in [0.2, 0.25) is 0 Å². The maximum absolute atomic E-state index is 10.8. The third-order valence-corrected chi connectivity index (χ3v) is 5.33. The fourth-order valence-electron chi connectivity index (χ4n) is 4.07. The van der Waals surface area contributed by atoms with Gasteiger partial charge in [0.1, 0.15) is 5.75 Å². The summed E-state index contributed by atoms with van der Waals surface area (Å²) in [5.41, 5.74) is 2.33. The summed E-state index contributed by atoms with van der Waals surface area (Å²) in [6, 6.07) is 6.35. The molecular formula is C18H27NO2. The Kier molecular flexibility index (Phi) is 4.51. The SMILES string of the molecule is COc1ccc2c(c1)C(O)C(N(C)CC1CCCC1)CC2. The van der Waals surface area contributed by atoms with Gasteiger partial charge in [-0.05, 0) is 61.9 Å². The lowest BCUT2D eigenvalue weighted by Gasteiger charge is -2.37. The van der Waals surface area contributed by atoms with Crippen molar-refractivity contribution in [3.63, 3.8) is 0 Å². The quantitative estimate of drug-likeness (QED) is 0.924. The number of methoxy groups -OCH3 is 1. The second-order valence-corrected chi connectivity index (χ2v) is 6.71. The van der Waals surface area contributed by atoms with Crippen molar-refractivity contribution in [3.05, 3.63) is 29.3 Å². The minimum absolute atomic E-state index is 0.241. The van der Waals surface area contributed by atoms with Crippen LogP contribution in [-0.4, -0.2) is 36.8 Å². The van der Waals surface area contributed by atoms with Crippen molar-refractivity contribution in [3.8, 4) is 5.75 Å². The summed E-state index contributed by atoms with van der Waals surface area (Å²) >= 11 is 0. The fraction of sp³-hybridized carbons (Fsp3) is 0.667. The molecule has 0 radical (unpaired) electrons. The van der Waals surface area contributed by atoms with E-state index in [0.717, 1.165) is 36.6 Å². The lowest BCUT2D eigenvalue weighted by Crippen LogP contribution is -2.41. The molecule has 3 rings (SSSR count). The predicted octanol–water partition coefficient (Wildman–Crippen LogP) is 3.17. The van der Waals surface area contributed by atoms with E-state index < -0.39 is 6.10 Å². The van der Waals surface area contributed by atoms with Crippen LogP contribution in [0, 0.1) is 5.92 Å². The Bertz CT molecular complexity index is 482. The van der Waals surface area contributed by atoms with E-state index in [1.54, 1.807) is 7.11 Å². The van der Waals surface area contributed by atoms with Crippen molar-refractivity contribution in [2.24, 2.45) is 5.92 Å². The van der Waals surface area contributed by atoms with Crippen molar-refractivity contribution in [2.45, 2.75) is 50.7 Å². The van der Waals surface area contributed by atoms with Gasteiger partial charge in [-0.25, -0.2) is 0 Å². The minimum atomic E-state index is -0.393. The van der Waals surface area contributed by atoms with Crippen LogP contribution in [-0.2, 0) is 6.42 Å². The first-order chi connectivity index (χ1) is 10.2. The van der Waals surface area contributed by atoms with Gasteiger partial charge in [-0.1, -0.05) is 18.9 Å². The number of benzene rings is 1. The number of hydrogen-bond donors (Lipinski definition) is 1. The molecule has 1 saturated carbocycles. The van der Waals surface area contributed by atoms with E-state index in [1.807, 2.05) is 12.1 Å². The molecule has 2 unspecified atom stereocenters. The Balaban J connectivity index is 1.72. The number of aryl methyl sites for hydroxylation is 1. The predicted molar refractivity (Wildman–Crippen MR) is 84.7 cm³/mol. The van der Waals surface area contributed by atoms with Crippen LogP contribution in [0.5, 0.6) is 5.75 Å². The maximum atomic E-state index is 10.8. The number of rotatable bonds is 4. The third-order valence-electron chi connectivity index (χ3n) is 5.33. The molecule has 2 atom stereocenters. The van der Waals surface area contributed by atoms with Gasteiger partial charge in [0, 0.05) is 12.6 Å². The number of hydrogen-bond acceptors (Lipinski definition) is 3. The Labute approximate surface area is 127 Å². The lowest BCUT2D eigenvalue weighted by molar-refractivity contribution is 0.0425. The first-order valence-electron chi connectivity index (χ1n) is 8.24. The number of ether oxygens (including phenoxy) is 1. The molecule has 0 bridgehead atoms. The molecule has 1 aromatic carbocycles. The average molecular weight is 289 g/mol. The van der Waals surface area contributed by atoms with Crippen molar-refractivity contribution < 1.29 is 9.84 Å². The van der Waals surface area contributed by atoms with Crippen molar-refractivity contribution in [2.75, 3.05) is 20.7 Å². The van der Waals surface area contributed by atoms with Crippen LogP contribution in [0.15, 0.2) is 18.2 Å². The molecular weight excluding hydrogens is 262 g/mol. The molecule has 1 aromatic rings. The highest BCUT2D eigenvalue weighted by Gasteiger charge is 2.32. The molecule has 116 valence electrons. The highest BCUT2D eigenvalue weighted by Crippen LogP contribution is 2.36. The Morgan fingerprint density at radius 2 is 2.00 bits per heavy atom. The Morgan fingerprint density at radius 3 is 2.71 bits per heavy atom. The zero-order valence-electron chi connectivity index (χ0n) is 13.2. The van der Waals surface area contributed by atoms with E-state index in [9.17, 15) is 5.11 Å². The molecule has 1 fully saturated rings. The molecule has 3 heteroatoms. The molecule has 0 aliphatic heterocycles. The zero-order chi connectivity index (χ0) is 14.8. The number of aliphatic hydroxyl groups excluding tert-OH is 1. The van der Waals surface area contributed by atoms with E-state index in [1.165, 1.54) is 31.2 Å². The average Bonchev–Trinajstić information content (AvgIpc) is 3.00. The summed E-state index contributed by atoms with van der Waals surface area (Å²) in [4.78, 5) is 2.39. The van der Waals surface area contributed by atoms with Gasteiger partial charge in [-0.3, -0.25) is 0 Å². The number of aliphatic hydroxyl groups is 1. The molecule has 2 aliphatic carbocycles. The summed E-state index contributed by atoms with van der Waals surface area (Å²) in [6.07, 6.45) is 7.18. The molecule has 0 spiro atoms. The second-order valence-electron chi connectivity index (χ2n) is 6.71. The maximum Gasteiger partial charge on any atom is 0.119 e. The molecule has 0 aromatic heterocycles. The zero-order valence-corrected chi connectivity index (χ0v) is 13.2. The molecule has 0 heterocycles. The summed E-state index contributed by atoms with van der Waals surface area (Å²) in [6.45, 7) is 1.13. The standard InChI is InChI=1S/C18H27NO2/c1-19(12-13-5-3-4-6-13)17-10-8-14-7-9-15(21-2)11-16(14)18(17)20/h7,9,11,13,17-18,20H,3-6,8,10,12H2,1-2H3. The fourth-order valence-corrected chi connectivity index (χ4v) is 4.07. The minimum Gasteiger partial charge on any atom is -0.497 e. The van der Waals surface area contributed by atoms with Gasteiger partial charge in [0.05, 0.1) is 13.2 Å². The van der Waals surface area contributed by atoms with Crippen LogP contribution in [0.3, 0.4) is 0 Å². The van der Waals surface area contributed by atoms with Crippen LogP contribution < -0.4 is 4.74 Å². The van der Waals surface area contributed by atoms with Crippen LogP contribution in [0.1, 0.15) is 49.3 Å². The largest absolute Gasteiger partial charge is 0.497 e. The van der Waals surface area contributed by atoms with Gasteiger partial charge in [0.2, 0.25) is 0 Å². The molecule has 2 aliphatic rings. The monoisotopic (exact) mass is 289 g/mol. The van der Waals surface area contributed by atoms with E-state index in [-0.39, 0.29) is 6.04 Å².